The molecule has 8 nitrogen and oxygen atoms in total. The van der Waals surface area contributed by atoms with E-state index in [1.54, 1.807) is 36.4 Å². The van der Waals surface area contributed by atoms with Gasteiger partial charge in [0.1, 0.15) is 36.6 Å². The molecule has 2 aromatic heterocycles. The van der Waals surface area contributed by atoms with Crippen LogP contribution in [0.4, 0.5) is 0 Å². The number of carbonyl (C=O) groups excluding carboxylic acids is 1. The van der Waals surface area contributed by atoms with Gasteiger partial charge in [0.15, 0.2) is 0 Å². The molecule has 0 spiro atoms. The van der Waals surface area contributed by atoms with Gasteiger partial charge in [-0.3, -0.25) is 14.2 Å². The molecule has 2 heterocycles. The van der Waals surface area contributed by atoms with Gasteiger partial charge in [-0.1, -0.05) is 12.1 Å². The van der Waals surface area contributed by atoms with E-state index in [0.29, 0.717) is 22.4 Å². The lowest BCUT2D eigenvalue weighted by atomic mass is 10.2. The number of hydrogen-bond donors (Lipinski definition) is 0. The van der Waals surface area contributed by atoms with Gasteiger partial charge in [-0.2, -0.15) is 5.26 Å². The number of carbonyl (C=O) groups is 1. The zero-order valence-corrected chi connectivity index (χ0v) is 15.2. The number of para-hydroxylation sites is 1. The van der Waals surface area contributed by atoms with E-state index in [2.05, 4.69) is 4.98 Å². The number of hydrogen-bond acceptors (Lipinski definition) is 7. The first-order valence-corrected chi connectivity index (χ1v) is 8.81. The minimum atomic E-state index is -0.590. The summed E-state index contributed by atoms with van der Waals surface area (Å²) < 4.78 is 17.3. The minimum absolute atomic E-state index is 0.0217. The van der Waals surface area contributed by atoms with E-state index in [9.17, 15) is 9.59 Å². The Hall–Kier alpha value is -4.12. The normalized spacial score (nSPS) is 10.7. The van der Waals surface area contributed by atoms with E-state index in [-0.39, 0.29) is 25.3 Å². The quantitative estimate of drug-likeness (QED) is 0.368. The third kappa shape index (κ3) is 3.80. The first-order valence-electron chi connectivity index (χ1n) is 8.81. The zero-order chi connectivity index (χ0) is 20.2. The van der Waals surface area contributed by atoms with Gasteiger partial charge in [0.05, 0.1) is 18.0 Å². The number of fused-ring (bicyclic) bond motifs is 3. The molecule has 0 N–H and O–H groups in total. The highest BCUT2D eigenvalue weighted by atomic mass is 16.6. The standard InChI is InChI=1S/C21H15N3O5/c22-11-14-5-7-15(8-6-14)27-9-10-28-18(25)12-24-13-23-19-16-3-1-2-4-17(16)29-20(19)21(24)26/h1-8,13H,9-10,12H2. The number of rotatable bonds is 6. The van der Waals surface area contributed by atoms with Crippen molar-refractivity contribution in [2.75, 3.05) is 13.2 Å². The number of benzene rings is 2. The molecule has 0 saturated carbocycles. The Balaban J connectivity index is 1.36. The summed E-state index contributed by atoms with van der Waals surface area (Å²) in [6.45, 7) is -0.114. The molecule has 0 bridgehead atoms. The van der Waals surface area contributed by atoms with Crippen LogP contribution in [0.5, 0.6) is 5.75 Å². The van der Waals surface area contributed by atoms with Gasteiger partial charge in [-0.25, -0.2) is 4.98 Å². The molecule has 0 aliphatic heterocycles. The Morgan fingerprint density at radius 3 is 2.72 bits per heavy atom. The van der Waals surface area contributed by atoms with Gasteiger partial charge in [-0.15, -0.1) is 0 Å². The van der Waals surface area contributed by atoms with Crippen LogP contribution in [0.2, 0.25) is 0 Å². The summed E-state index contributed by atoms with van der Waals surface area (Å²) in [7, 11) is 0. The lowest BCUT2D eigenvalue weighted by molar-refractivity contribution is -0.145. The third-order valence-corrected chi connectivity index (χ3v) is 4.25. The number of aromatic nitrogens is 2. The molecule has 0 aliphatic carbocycles. The fourth-order valence-corrected chi connectivity index (χ4v) is 2.85. The molecule has 4 aromatic rings. The number of ether oxygens (including phenoxy) is 2. The smallest absolute Gasteiger partial charge is 0.326 e. The highest BCUT2D eigenvalue weighted by Gasteiger charge is 2.15. The first kappa shape index (κ1) is 18.3. The van der Waals surface area contributed by atoms with Crippen molar-refractivity contribution in [3.63, 3.8) is 0 Å². The summed E-state index contributed by atoms with van der Waals surface area (Å²) in [6.07, 6.45) is 1.31. The molecule has 0 unspecified atom stereocenters. The Bertz CT molecular complexity index is 1280. The lowest BCUT2D eigenvalue weighted by Crippen LogP contribution is -2.26. The molecule has 0 aliphatic rings. The highest BCUT2D eigenvalue weighted by Crippen LogP contribution is 2.23. The van der Waals surface area contributed by atoms with E-state index in [0.717, 1.165) is 9.95 Å². The molecule has 0 radical (unpaired) electrons. The summed E-state index contributed by atoms with van der Waals surface area (Å²) >= 11 is 0. The van der Waals surface area contributed by atoms with Gasteiger partial charge in [0.25, 0.3) is 5.56 Å². The second-order valence-electron chi connectivity index (χ2n) is 6.16. The Labute approximate surface area is 164 Å². The second kappa shape index (κ2) is 7.86. The Kier molecular flexibility index (Phi) is 4.95. The van der Waals surface area contributed by atoms with Crippen molar-refractivity contribution < 1.29 is 18.7 Å². The van der Waals surface area contributed by atoms with Crippen LogP contribution in [0.3, 0.4) is 0 Å². The maximum Gasteiger partial charge on any atom is 0.326 e. The first-order chi connectivity index (χ1) is 14.2. The minimum Gasteiger partial charge on any atom is -0.490 e. The third-order valence-electron chi connectivity index (χ3n) is 4.25. The average Bonchev–Trinajstić information content (AvgIpc) is 3.13. The number of nitrogens with zero attached hydrogens (tertiary/aromatic N) is 3. The molecule has 4 rings (SSSR count). The van der Waals surface area contributed by atoms with Crippen LogP contribution >= 0.6 is 0 Å². The lowest BCUT2D eigenvalue weighted by Gasteiger charge is -2.08. The van der Waals surface area contributed by atoms with Crippen LogP contribution in [-0.2, 0) is 16.1 Å². The van der Waals surface area contributed by atoms with Crippen molar-refractivity contribution in [3.8, 4) is 11.8 Å². The van der Waals surface area contributed by atoms with Crippen LogP contribution in [0, 0.1) is 11.3 Å². The maximum absolute atomic E-state index is 12.6. The van der Waals surface area contributed by atoms with Crippen LogP contribution in [-0.4, -0.2) is 28.7 Å². The highest BCUT2D eigenvalue weighted by molar-refractivity contribution is 6.01. The monoisotopic (exact) mass is 389 g/mol. The molecule has 0 amide bonds. The molecular weight excluding hydrogens is 374 g/mol. The maximum atomic E-state index is 12.6. The van der Waals surface area contributed by atoms with Crippen molar-refractivity contribution >= 4 is 28.0 Å². The van der Waals surface area contributed by atoms with Gasteiger partial charge in [-0.05, 0) is 36.4 Å². The van der Waals surface area contributed by atoms with Crippen LogP contribution in [0.25, 0.3) is 22.1 Å². The predicted octanol–water partition coefficient (Wildman–Crippen LogP) is 2.64. The fraction of sp³-hybridized carbons (Fsp3) is 0.143. The Morgan fingerprint density at radius 1 is 1.14 bits per heavy atom. The van der Waals surface area contributed by atoms with Crippen molar-refractivity contribution in [1.29, 1.82) is 5.26 Å². The number of furan rings is 1. The molecule has 0 atom stereocenters. The van der Waals surface area contributed by atoms with Gasteiger partial charge in [0, 0.05) is 5.39 Å². The number of esters is 1. The van der Waals surface area contributed by atoms with E-state index < -0.39 is 11.5 Å². The molecule has 2 aromatic carbocycles. The average molecular weight is 389 g/mol. The summed E-state index contributed by atoms with van der Waals surface area (Å²) in [5, 5.41) is 9.50. The second-order valence-corrected chi connectivity index (χ2v) is 6.16. The van der Waals surface area contributed by atoms with Crippen LogP contribution < -0.4 is 10.3 Å². The summed E-state index contributed by atoms with van der Waals surface area (Å²) in [5.41, 5.74) is 1.21. The topological polar surface area (TPSA) is 107 Å². The van der Waals surface area contributed by atoms with Crippen LogP contribution in [0.1, 0.15) is 5.56 Å². The predicted molar refractivity (Wildman–Crippen MR) is 103 cm³/mol. The van der Waals surface area contributed by atoms with Crippen molar-refractivity contribution in [2.45, 2.75) is 6.54 Å². The summed E-state index contributed by atoms with van der Waals surface area (Å²) in [6, 6.07) is 15.8. The van der Waals surface area contributed by atoms with E-state index in [1.165, 1.54) is 6.33 Å². The van der Waals surface area contributed by atoms with Gasteiger partial charge >= 0.3 is 5.97 Å². The SMILES string of the molecule is N#Cc1ccc(OCCOC(=O)Cn2cnc3c(oc4ccccc43)c2=O)cc1. The zero-order valence-electron chi connectivity index (χ0n) is 15.2. The fourth-order valence-electron chi connectivity index (χ4n) is 2.85. The molecule has 29 heavy (non-hydrogen) atoms. The molecular formula is C21H15N3O5. The van der Waals surface area contributed by atoms with Gasteiger partial charge < -0.3 is 13.9 Å². The van der Waals surface area contributed by atoms with Crippen LogP contribution in [0.15, 0.2) is 64.1 Å². The Morgan fingerprint density at radius 2 is 1.93 bits per heavy atom. The van der Waals surface area contributed by atoms with E-state index >= 15 is 0 Å². The molecule has 8 heteroatoms. The van der Waals surface area contributed by atoms with E-state index in [4.69, 9.17) is 19.2 Å². The summed E-state index contributed by atoms with van der Waals surface area (Å²) in [5.74, 6) is -0.0244. The van der Waals surface area contributed by atoms with Crippen molar-refractivity contribution in [1.82, 2.24) is 9.55 Å². The van der Waals surface area contributed by atoms with Gasteiger partial charge in [0.2, 0.25) is 5.58 Å². The van der Waals surface area contributed by atoms with E-state index in [1.807, 2.05) is 18.2 Å². The summed E-state index contributed by atoms with van der Waals surface area (Å²) in [4.78, 5) is 28.9. The largest absolute Gasteiger partial charge is 0.490 e. The van der Waals surface area contributed by atoms with Crippen molar-refractivity contribution in [2.24, 2.45) is 0 Å². The molecule has 0 fully saturated rings. The molecule has 0 saturated heterocycles. The molecule has 144 valence electrons. The number of nitriles is 1. The van der Waals surface area contributed by atoms with Crippen molar-refractivity contribution in [3.05, 3.63) is 70.8 Å².